The average Bonchev–Trinajstić information content (AvgIpc) is 2.76. The molecule has 1 unspecified atom stereocenters. The molecule has 102 valence electrons. The van der Waals surface area contributed by atoms with E-state index in [1.807, 2.05) is 31.2 Å². The van der Waals surface area contributed by atoms with E-state index in [1.165, 1.54) is 0 Å². The molecule has 2 amide bonds. The minimum Gasteiger partial charge on any atom is -0.481 e. The van der Waals surface area contributed by atoms with Crippen molar-refractivity contribution < 1.29 is 14.7 Å². The maximum Gasteiger partial charge on any atom is 0.321 e. The smallest absolute Gasteiger partial charge is 0.321 e. The van der Waals surface area contributed by atoms with Gasteiger partial charge in [-0.3, -0.25) is 4.79 Å². The summed E-state index contributed by atoms with van der Waals surface area (Å²) in [5, 5.41) is 12.0. The summed E-state index contributed by atoms with van der Waals surface area (Å²) in [4.78, 5) is 24.8. The zero-order valence-corrected chi connectivity index (χ0v) is 11.1. The number of nitrogens with zero attached hydrogens (tertiary/aromatic N) is 1. The Labute approximate surface area is 112 Å². The lowest BCUT2D eigenvalue weighted by molar-refractivity contribution is -0.146. The van der Waals surface area contributed by atoms with Gasteiger partial charge in [0, 0.05) is 18.8 Å². The third kappa shape index (κ3) is 2.70. The molecule has 2 N–H and O–H groups in total. The topological polar surface area (TPSA) is 69.6 Å². The van der Waals surface area contributed by atoms with E-state index < -0.39 is 11.4 Å². The highest BCUT2D eigenvalue weighted by Gasteiger charge is 2.42. The number of carbonyl (C=O) groups excluding carboxylic acids is 1. The van der Waals surface area contributed by atoms with Crippen LogP contribution in [0.1, 0.15) is 18.9 Å². The fourth-order valence-electron chi connectivity index (χ4n) is 2.22. The fourth-order valence-corrected chi connectivity index (χ4v) is 2.22. The van der Waals surface area contributed by atoms with Crippen molar-refractivity contribution >= 4 is 17.7 Å². The summed E-state index contributed by atoms with van der Waals surface area (Å²) in [6.07, 6.45) is 0.490. The second-order valence-corrected chi connectivity index (χ2v) is 5.28. The van der Waals surface area contributed by atoms with Crippen molar-refractivity contribution in [2.75, 3.05) is 18.4 Å². The van der Waals surface area contributed by atoms with Gasteiger partial charge in [-0.2, -0.15) is 0 Å². The van der Waals surface area contributed by atoms with E-state index >= 15 is 0 Å². The first-order valence-electron chi connectivity index (χ1n) is 6.27. The van der Waals surface area contributed by atoms with Crippen molar-refractivity contribution in [2.24, 2.45) is 5.41 Å². The molecule has 19 heavy (non-hydrogen) atoms. The molecule has 5 nitrogen and oxygen atoms in total. The van der Waals surface area contributed by atoms with E-state index in [4.69, 9.17) is 5.11 Å². The quantitative estimate of drug-likeness (QED) is 0.859. The lowest BCUT2D eigenvalue weighted by Crippen LogP contribution is -2.37. The van der Waals surface area contributed by atoms with Crippen LogP contribution in [0.2, 0.25) is 0 Å². The van der Waals surface area contributed by atoms with Crippen molar-refractivity contribution in [2.45, 2.75) is 20.3 Å². The summed E-state index contributed by atoms with van der Waals surface area (Å²) in [5.41, 5.74) is 0.913. The maximum atomic E-state index is 12.1. The fraction of sp³-hybridized carbons (Fsp3) is 0.429. The van der Waals surface area contributed by atoms with Gasteiger partial charge in [0.2, 0.25) is 0 Å². The molecule has 1 atom stereocenters. The van der Waals surface area contributed by atoms with Gasteiger partial charge in [0.15, 0.2) is 0 Å². The maximum absolute atomic E-state index is 12.1. The van der Waals surface area contributed by atoms with Crippen LogP contribution in [-0.4, -0.2) is 35.1 Å². The first-order chi connectivity index (χ1) is 8.92. The molecule has 2 rings (SSSR count). The normalized spacial score (nSPS) is 22.3. The number of para-hydroxylation sites is 1. The summed E-state index contributed by atoms with van der Waals surface area (Å²) in [7, 11) is 0. The van der Waals surface area contributed by atoms with E-state index in [2.05, 4.69) is 5.32 Å². The lowest BCUT2D eigenvalue weighted by Gasteiger charge is -2.21. The second kappa shape index (κ2) is 4.91. The van der Waals surface area contributed by atoms with Crippen LogP contribution in [0.4, 0.5) is 10.5 Å². The average molecular weight is 262 g/mol. The van der Waals surface area contributed by atoms with Crippen LogP contribution in [0.25, 0.3) is 0 Å². The number of hydrogen-bond donors (Lipinski definition) is 2. The Morgan fingerprint density at radius 2 is 2.05 bits per heavy atom. The van der Waals surface area contributed by atoms with Gasteiger partial charge < -0.3 is 15.3 Å². The molecule has 0 bridgehead atoms. The van der Waals surface area contributed by atoms with E-state index in [0.717, 1.165) is 11.3 Å². The van der Waals surface area contributed by atoms with Crippen LogP contribution in [0.5, 0.6) is 0 Å². The number of aryl methyl sites for hydroxylation is 1. The van der Waals surface area contributed by atoms with Crippen LogP contribution in [0.15, 0.2) is 24.3 Å². The second-order valence-electron chi connectivity index (χ2n) is 5.28. The molecular weight excluding hydrogens is 244 g/mol. The molecule has 0 spiro atoms. The Morgan fingerprint density at radius 1 is 1.37 bits per heavy atom. The molecule has 1 aromatic rings. The third-order valence-electron chi connectivity index (χ3n) is 3.66. The Bertz CT molecular complexity index is 515. The van der Waals surface area contributed by atoms with Crippen LogP contribution in [0.3, 0.4) is 0 Å². The number of benzene rings is 1. The van der Waals surface area contributed by atoms with Crippen molar-refractivity contribution in [3.63, 3.8) is 0 Å². The molecule has 0 radical (unpaired) electrons. The Balaban J connectivity index is 2.03. The highest BCUT2D eigenvalue weighted by atomic mass is 16.4. The number of aliphatic carboxylic acids is 1. The third-order valence-corrected chi connectivity index (χ3v) is 3.66. The minimum absolute atomic E-state index is 0.237. The van der Waals surface area contributed by atoms with E-state index in [0.29, 0.717) is 13.0 Å². The van der Waals surface area contributed by atoms with Crippen LogP contribution in [0, 0.1) is 12.3 Å². The molecule has 1 aliphatic rings. The number of carboxylic acids is 1. The van der Waals surface area contributed by atoms with Gasteiger partial charge in [0.1, 0.15) is 0 Å². The van der Waals surface area contributed by atoms with Gasteiger partial charge in [-0.1, -0.05) is 18.2 Å². The summed E-state index contributed by atoms with van der Waals surface area (Å²) in [5.74, 6) is -0.848. The lowest BCUT2D eigenvalue weighted by atomic mass is 9.90. The summed E-state index contributed by atoms with van der Waals surface area (Å²) in [6, 6.07) is 7.27. The predicted molar refractivity (Wildman–Crippen MR) is 72.1 cm³/mol. The number of anilines is 1. The molecule has 5 heteroatoms. The molecular formula is C14H18N2O3. The largest absolute Gasteiger partial charge is 0.481 e. The Morgan fingerprint density at radius 3 is 2.63 bits per heavy atom. The molecule has 1 heterocycles. The molecule has 1 fully saturated rings. The highest BCUT2D eigenvalue weighted by molar-refractivity contribution is 5.91. The molecule has 0 saturated carbocycles. The van der Waals surface area contributed by atoms with Gasteiger partial charge in [-0.05, 0) is 31.9 Å². The molecule has 1 saturated heterocycles. The first-order valence-corrected chi connectivity index (χ1v) is 6.27. The molecule has 1 aromatic carbocycles. The van der Waals surface area contributed by atoms with Gasteiger partial charge in [0.05, 0.1) is 5.41 Å². The van der Waals surface area contributed by atoms with E-state index in [9.17, 15) is 9.59 Å². The number of likely N-dealkylation sites (tertiary alicyclic amines) is 1. The highest BCUT2D eigenvalue weighted by Crippen LogP contribution is 2.30. The van der Waals surface area contributed by atoms with Gasteiger partial charge in [-0.25, -0.2) is 4.79 Å². The van der Waals surface area contributed by atoms with Crippen LogP contribution in [-0.2, 0) is 4.79 Å². The van der Waals surface area contributed by atoms with Gasteiger partial charge in [-0.15, -0.1) is 0 Å². The number of carboxylic acid groups (broad SMARTS) is 1. The van der Waals surface area contributed by atoms with Gasteiger partial charge >= 0.3 is 12.0 Å². The minimum atomic E-state index is -0.848. The summed E-state index contributed by atoms with van der Waals surface area (Å²) < 4.78 is 0. The SMILES string of the molecule is Cc1ccccc1NC(=O)N1CCC(C)(C(=O)O)C1. The number of hydrogen-bond acceptors (Lipinski definition) is 2. The monoisotopic (exact) mass is 262 g/mol. The van der Waals surface area contributed by atoms with Crippen molar-refractivity contribution in [1.82, 2.24) is 4.90 Å². The van der Waals surface area contributed by atoms with Crippen molar-refractivity contribution in [3.8, 4) is 0 Å². The molecule has 1 aliphatic heterocycles. The van der Waals surface area contributed by atoms with E-state index in [1.54, 1.807) is 11.8 Å². The van der Waals surface area contributed by atoms with E-state index in [-0.39, 0.29) is 12.6 Å². The van der Waals surface area contributed by atoms with Crippen LogP contribution < -0.4 is 5.32 Å². The summed E-state index contributed by atoms with van der Waals surface area (Å²) >= 11 is 0. The zero-order chi connectivity index (χ0) is 14.0. The molecule has 0 aromatic heterocycles. The molecule has 0 aliphatic carbocycles. The van der Waals surface area contributed by atoms with Crippen molar-refractivity contribution in [1.29, 1.82) is 0 Å². The van der Waals surface area contributed by atoms with Gasteiger partial charge in [0.25, 0.3) is 0 Å². The number of rotatable bonds is 2. The number of urea groups is 1. The number of nitrogens with one attached hydrogen (secondary N) is 1. The Hall–Kier alpha value is -2.04. The first kappa shape index (κ1) is 13.4. The number of amides is 2. The standard InChI is InChI=1S/C14H18N2O3/c1-10-5-3-4-6-11(10)15-13(19)16-8-7-14(2,9-16)12(17)18/h3-6H,7-9H2,1-2H3,(H,15,19)(H,17,18). The number of carbonyl (C=O) groups is 2. The zero-order valence-electron chi connectivity index (χ0n) is 11.1. The Kier molecular flexibility index (Phi) is 3.46. The predicted octanol–water partition coefficient (Wildman–Crippen LogP) is 2.32. The van der Waals surface area contributed by atoms with Crippen molar-refractivity contribution in [3.05, 3.63) is 29.8 Å². The summed E-state index contributed by atoms with van der Waals surface area (Å²) in [6.45, 7) is 4.32. The van der Waals surface area contributed by atoms with Crippen LogP contribution >= 0.6 is 0 Å².